The lowest BCUT2D eigenvalue weighted by molar-refractivity contribution is -0.206. The monoisotopic (exact) mass is 541 g/mol. The number of amides is 1. The Bertz CT molecular complexity index is 1290. The zero-order valence-corrected chi connectivity index (χ0v) is 20.8. The van der Waals surface area contributed by atoms with Crippen LogP contribution >= 0.6 is 0 Å². The third-order valence-electron chi connectivity index (χ3n) is 6.72. The summed E-state index contributed by atoms with van der Waals surface area (Å²) in [5.74, 6) is -1.27. The molecule has 39 heavy (non-hydrogen) atoms. The summed E-state index contributed by atoms with van der Waals surface area (Å²) in [5.41, 5.74) is 0.258. The fourth-order valence-electron chi connectivity index (χ4n) is 4.82. The number of nitrogens with zero attached hydrogens (tertiary/aromatic N) is 5. The summed E-state index contributed by atoms with van der Waals surface area (Å²) in [6, 6.07) is 16.7. The van der Waals surface area contributed by atoms with Gasteiger partial charge in [-0.3, -0.25) is 9.69 Å². The second-order valence-corrected chi connectivity index (χ2v) is 9.20. The number of hydrogen-bond acceptors (Lipinski definition) is 8. The van der Waals surface area contributed by atoms with Gasteiger partial charge in [0.05, 0.1) is 18.2 Å². The molecule has 2 aromatic carbocycles. The van der Waals surface area contributed by atoms with Crippen molar-refractivity contribution >= 4 is 17.8 Å². The lowest BCUT2D eigenvalue weighted by Crippen LogP contribution is -2.55. The van der Waals surface area contributed by atoms with Crippen molar-refractivity contribution in [3.05, 3.63) is 78.6 Å². The molecule has 3 heterocycles. The van der Waals surface area contributed by atoms with Crippen LogP contribution in [0.15, 0.2) is 73.1 Å². The van der Waals surface area contributed by atoms with Crippen LogP contribution in [0.25, 0.3) is 0 Å². The average molecular weight is 542 g/mol. The van der Waals surface area contributed by atoms with E-state index < -0.39 is 30.2 Å². The van der Waals surface area contributed by atoms with Gasteiger partial charge >= 0.3 is 12.1 Å². The van der Waals surface area contributed by atoms with Crippen molar-refractivity contribution in [1.29, 1.82) is 0 Å². The SMILES string of the molecule is O=C(c1ccccc1Oc1ccccc1)N1C[C@H](OC(=O)C(F)(F)F)[C@@H](N2CCN(c3ncccn3)CC2)C1. The molecule has 5 rings (SSSR count). The maximum Gasteiger partial charge on any atom is 0.490 e. The van der Waals surface area contributed by atoms with Crippen LogP contribution < -0.4 is 9.64 Å². The number of carbonyl (C=O) groups is 2. The number of benzene rings is 2. The minimum atomic E-state index is -5.14. The number of alkyl halides is 3. The fraction of sp³-hybridized carbons (Fsp3) is 0.333. The van der Waals surface area contributed by atoms with Gasteiger partial charge in [-0.1, -0.05) is 30.3 Å². The molecule has 2 aliphatic rings. The number of esters is 1. The Morgan fingerprint density at radius 2 is 1.51 bits per heavy atom. The van der Waals surface area contributed by atoms with Crippen LogP contribution in [0.2, 0.25) is 0 Å². The summed E-state index contributed by atoms with van der Waals surface area (Å²) < 4.78 is 50.1. The molecule has 0 radical (unpaired) electrons. The molecule has 0 spiro atoms. The Labute approximate surface area is 222 Å². The van der Waals surface area contributed by atoms with E-state index in [1.807, 2.05) is 15.9 Å². The molecule has 3 aromatic rings. The van der Waals surface area contributed by atoms with Crippen molar-refractivity contribution < 1.29 is 32.2 Å². The molecule has 1 amide bonds. The third-order valence-corrected chi connectivity index (χ3v) is 6.72. The molecule has 2 fully saturated rings. The number of aromatic nitrogens is 2. The van der Waals surface area contributed by atoms with Gasteiger partial charge in [0, 0.05) is 45.1 Å². The Kier molecular flexibility index (Phi) is 7.64. The molecular formula is C27H26F3N5O4. The van der Waals surface area contributed by atoms with Crippen LogP contribution in [0.3, 0.4) is 0 Å². The van der Waals surface area contributed by atoms with Crippen molar-refractivity contribution in [3.8, 4) is 11.5 Å². The standard InChI is InChI=1S/C27H26F3N5O4/c28-27(29,30)25(37)39-23-18-35(17-21(23)33-13-15-34(16-14-33)26-31-11-6-12-32-26)24(36)20-9-4-5-10-22(20)38-19-7-2-1-3-8-19/h1-12,21,23H,13-18H2/t21-,23-/m0/s1. The van der Waals surface area contributed by atoms with E-state index in [-0.39, 0.29) is 18.7 Å². The van der Waals surface area contributed by atoms with Crippen molar-refractivity contribution in [3.63, 3.8) is 0 Å². The smallest absolute Gasteiger partial charge is 0.457 e. The minimum Gasteiger partial charge on any atom is -0.457 e. The first-order valence-corrected chi connectivity index (χ1v) is 12.4. The Morgan fingerprint density at radius 3 is 2.21 bits per heavy atom. The zero-order chi connectivity index (χ0) is 27.4. The van der Waals surface area contributed by atoms with Crippen LogP contribution in [0.4, 0.5) is 19.1 Å². The number of para-hydroxylation sites is 2. The first kappa shape index (κ1) is 26.4. The van der Waals surface area contributed by atoms with Crippen molar-refractivity contribution in [2.24, 2.45) is 0 Å². The molecule has 9 nitrogen and oxygen atoms in total. The topological polar surface area (TPSA) is 88.1 Å². The second kappa shape index (κ2) is 11.3. The Morgan fingerprint density at radius 1 is 0.846 bits per heavy atom. The highest BCUT2D eigenvalue weighted by atomic mass is 19.4. The van der Waals surface area contributed by atoms with E-state index >= 15 is 0 Å². The molecule has 1 aromatic heterocycles. The van der Waals surface area contributed by atoms with Crippen molar-refractivity contribution in [2.75, 3.05) is 44.2 Å². The van der Waals surface area contributed by atoms with Crippen LogP contribution in [-0.4, -0.2) is 89.2 Å². The highest BCUT2D eigenvalue weighted by Gasteiger charge is 2.48. The number of carbonyl (C=O) groups excluding carboxylic acids is 2. The normalized spacial score (nSPS) is 20.1. The molecule has 0 saturated carbocycles. The Balaban J connectivity index is 1.33. The van der Waals surface area contributed by atoms with Crippen LogP contribution in [0, 0.1) is 0 Å². The first-order valence-electron chi connectivity index (χ1n) is 12.4. The van der Waals surface area contributed by atoms with Gasteiger partial charge in [-0.2, -0.15) is 13.2 Å². The summed E-state index contributed by atoms with van der Waals surface area (Å²) >= 11 is 0. The van der Waals surface area contributed by atoms with E-state index in [2.05, 4.69) is 9.97 Å². The maximum absolute atomic E-state index is 13.6. The third kappa shape index (κ3) is 6.11. The summed E-state index contributed by atoms with van der Waals surface area (Å²) in [4.78, 5) is 39.2. The van der Waals surface area contributed by atoms with Gasteiger partial charge in [-0.05, 0) is 30.3 Å². The molecule has 2 saturated heterocycles. The van der Waals surface area contributed by atoms with Gasteiger partial charge < -0.3 is 19.3 Å². The van der Waals surface area contributed by atoms with Gasteiger partial charge in [0.1, 0.15) is 17.6 Å². The van der Waals surface area contributed by atoms with E-state index in [0.29, 0.717) is 43.6 Å². The van der Waals surface area contributed by atoms with Crippen LogP contribution in [0.1, 0.15) is 10.4 Å². The Hall–Kier alpha value is -4.19. The predicted molar refractivity (Wildman–Crippen MR) is 134 cm³/mol. The summed E-state index contributed by atoms with van der Waals surface area (Å²) in [5, 5.41) is 0. The van der Waals surface area contributed by atoms with E-state index in [0.717, 1.165) is 0 Å². The van der Waals surface area contributed by atoms with Crippen LogP contribution in [0.5, 0.6) is 11.5 Å². The molecule has 0 bridgehead atoms. The number of likely N-dealkylation sites (tertiary alicyclic amines) is 1. The number of halogens is 3. The molecule has 2 atom stereocenters. The van der Waals surface area contributed by atoms with Gasteiger partial charge in [-0.25, -0.2) is 14.8 Å². The molecule has 0 unspecified atom stereocenters. The fourth-order valence-corrected chi connectivity index (χ4v) is 4.82. The highest BCUT2D eigenvalue weighted by Crippen LogP contribution is 2.30. The molecular weight excluding hydrogens is 515 g/mol. The number of anilines is 1. The lowest BCUT2D eigenvalue weighted by Gasteiger charge is -2.39. The highest BCUT2D eigenvalue weighted by molar-refractivity contribution is 5.97. The van der Waals surface area contributed by atoms with E-state index in [9.17, 15) is 22.8 Å². The summed E-state index contributed by atoms with van der Waals surface area (Å²) in [6.07, 6.45) is -3.01. The van der Waals surface area contributed by atoms with Gasteiger partial charge in [0.25, 0.3) is 5.91 Å². The first-order chi connectivity index (χ1) is 18.8. The number of piperazine rings is 1. The largest absolute Gasteiger partial charge is 0.490 e. The van der Waals surface area contributed by atoms with Gasteiger partial charge in [-0.15, -0.1) is 0 Å². The quantitative estimate of drug-likeness (QED) is 0.439. The zero-order valence-electron chi connectivity index (χ0n) is 20.8. The predicted octanol–water partition coefficient (Wildman–Crippen LogP) is 3.39. The van der Waals surface area contributed by atoms with E-state index in [1.165, 1.54) is 4.90 Å². The summed E-state index contributed by atoms with van der Waals surface area (Å²) in [7, 11) is 0. The molecule has 12 heteroatoms. The van der Waals surface area contributed by atoms with E-state index in [4.69, 9.17) is 9.47 Å². The molecule has 204 valence electrons. The van der Waals surface area contributed by atoms with Crippen molar-refractivity contribution in [1.82, 2.24) is 19.8 Å². The minimum absolute atomic E-state index is 0.0934. The average Bonchev–Trinajstić information content (AvgIpc) is 3.37. The molecule has 0 N–H and O–H groups in total. The van der Waals surface area contributed by atoms with Crippen molar-refractivity contribution in [2.45, 2.75) is 18.3 Å². The van der Waals surface area contributed by atoms with Crippen LogP contribution in [-0.2, 0) is 9.53 Å². The number of ether oxygens (including phenoxy) is 2. The number of rotatable bonds is 6. The molecule has 2 aliphatic heterocycles. The van der Waals surface area contributed by atoms with Gasteiger partial charge in [0.2, 0.25) is 5.95 Å². The number of hydrogen-bond donors (Lipinski definition) is 0. The lowest BCUT2D eigenvalue weighted by atomic mass is 10.1. The van der Waals surface area contributed by atoms with Gasteiger partial charge in [0.15, 0.2) is 0 Å². The maximum atomic E-state index is 13.6. The summed E-state index contributed by atoms with van der Waals surface area (Å²) in [6.45, 7) is 1.92. The second-order valence-electron chi connectivity index (χ2n) is 9.20. The molecule has 0 aliphatic carbocycles. The van der Waals surface area contributed by atoms with E-state index in [1.54, 1.807) is 67.0 Å².